The molecule has 1 N–H and O–H groups in total. The highest BCUT2D eigenvalue weighted by Crippen LogP contribution is 2.34. The number of rotatable bonds is 2. The van der Waals surface area contributed by atoms with Crippen molar-refractivity contribution < 1.29 is 9.90 Å². The number of fused-ring (bicyclic) bond motifs is 3. The Morgan fingerprint density at radius 3 is 2.65 bits per heavy atom. The molecule has 1 aromatic heterocycles. The molecule has 2 nitrogen and oxygen atoms in total. The summed E-state index contributed by atoms with van der Waals surface area (Å²) >= 11 is 1.74. The van der Waals surface area contributed by atoms with E-state index < -0.39 is 5.97 Å². The van der Waals surface area contributed by atoms with Gasteiger partial charge in [0.2, 0.25) is 0 Å². The second-order valence-corrected chi connectivity index (χ2v) is 5.08. The Bertz CT molecular complexity index is 712. The molecule has 0 saturated heterocycles. The van der Waals surface area contributed by atoms with Gasteiger partial charge in [0.25, 0.3) is 0 Å². The van der Waals surface area contributed by atoms with Gasteiger partial charge in [0, 0.05) is 20.2 Å². The molecule has 0 atom stereocenters. The Hall–Kier alpha value is -1.87. The quantitative estimate of drug-likeness (QED) is 0.744. The van der Waals surface area contributed by atoms with Crippen LogP contribution in [0.1, 0.15) is 5.56 Å². The minimum atomic E-state index is -0.788. The molecule has 3 heteroatoms. The molecule has 0 aliphatic carbocycles. The zero-order chi connectivity index (χ0) is 11.8. The molecule has 0 radical (unpaired) electrons. The van der Waals surface area contributed by atoms with E-state index in [0.717, 1.165) is 10.9 Å². The molecule has 0 aliphatic heterocycles. The van der Waals surface area contributed by atoms with Crippen LogP contribution in [-0.2, 0) is 11.2 Å². The van der Waals surface area contributed by atoms with Gasteiger partial charge in [-0.15, -0.1) is 11.3 Å². The molecule has 0 saturated carbocycles. The van der Waals surface area contributed by atoms with Crippen LogP contribution in [0.2, 0.25) is 0 Å². The van der Waals surface area contributed by atoms with Crippen molar-refractivity contribution in [3.8, 4) is 0 Å². The Morgan fingerprint density at radius 1 is 1.06 bits per heavy atom. The van der Waals surface area contributed by atoms with E-state index in [9.17, 15) is 4.79 Å². The van der Waals surface area contributed by atoms with E-state index in [0.29, 0.717) is 0 Å². The van der Waals surface area contributed by atoms with Gasteiger partial charge in [-0.05, 0) is 23.8 Å². The van der Waals surface area contributed by atoms with Crippen molar-refractivity contribution in [1.82, 2.24) is 0 Å². The fourth-order valence-electron chi connectivity index (χ4n) is 2.06. The first-order valence-electron chi connectivity index (χ1n) is 5.36. The summed E-state index contributed by atoms with van der Waals surface area (Å²) in [6, 6.07) is 14.1. The van der Waals surface area contributed by atoms with Crippen molar-refractivity contribution >= 4 is 37.5 Å². The van der Waals surface area contributed by atoms with Gasteiger partial charge >= 0.3 is 5.97 Å². The third-order valence-electron chi connectivity index (χ3n) is 2.80. The standard InChI is InChI=1S/C14H10O2S/c15-14(16)8-9-5-6-13-11(7-9)10-3-1-2-4-12(10)17-13/h1-7H,8H2,(H,15,16). The SMILES string of the molecule is O=C(O)Cc1ccc2sc3ccccc3c2c1. The Labute approximate surface area is 102 Å². The number of aliphatic carboxylic acids is 1. The van der Waals surface area contributed by atoms with E-state index in [4.69, 9.17) is 5.11 Å². The van der Waals surface area contributed by atoms with Crippen molar-refractivity contribution in [2.24, 2.45) is 0 Å². The lowest BCUT2D eigenvalue weighted by molar-refractivity contribution is -0.136. The normalized spacial score (nSPS) is 11.1. The summed E-state index contributed by atoms with van der Waals surface area (Å²) in [7, 11) is 0. The molecular formula is C14H10O2S. The first kappa shape index (κ1) is 10.3. The smallest absolute Gasteiger partial charge is 0.307 e. The van der Waals surface area contributed by atoms with E-state index in [-0.39, 0.29) is 6.42 Å². The zero-order valence-electron chi connectivity index (χ0n) is 9.01. The lowest BCUT2D eigenvalue weighted by Gasteiger charge is -1.97. The summed E-state index contributed by atoms with van der Waals surface area (Å²) < 4.78 is 2.45. The average molecular weight is 242 g/mol. The van der Waals surface area contributed by atoms with Crippen molar-refractivity contribution in [1.29, 1.82) is 0 Å². The van der Waals surface area contributed by atoms with Crippen LogP contribution in [0.15, 0.2) is 42.5 Å². The van der Waals surface area contributed by atoms with Gasteiger partial charge in [-0.1, -0.05) is 24.3 Å². The largest absolute Gasteiger partial charge is 0.481 e. The summed E-state index contributed by atoms with van der Waals surface area (Å²) in [5.74, 6) is -0.788. The molecular weight excluding hydrogens is 232 g/mol. The van der Waals surface area contributed by atoms with Gasteiger partial charge in [0.05, 0.1) is 6.42 Å². The molecule has 0 unspecified atom stereocenters. The molecule has 1 heterocycles. The molecule has 3 aromatic rings. The second-order valence-electron chi connectivity index (χ2n) is 4.00. The van der Waals surface area contributed by atoms with Gasteiger partial charge in [0.15, 0.2) is 0 Å². The van der Waals surface area contributed by atoms with Crippen molar-refractivity contribution in [3.63, 3.8) is 0 Å². The summed E-state index contributed by atoms with van der Waals surface area (Å²) in [5, 5.41) is 11.2. The molecule has 2 aromatic carbocycles. The predicted molar refractivity (Wildman–Crippen MR) is 70.7 cm³/mol. The highest BCUT2D eigenvalue weighted by Gasteiger charge is 2.06. The van der Waals surface area contributed by atoms with E-state index in [1.165, 1.54) is 14.8 Å². The third kappa shape index (κ3) is 1.78. The third-order valence-corrected chi connectivity index (χ3v) is 3.95. The second kappa shape index (κ2) is 3.86. The lowest BCUT2D eigenvalue weighted by Crippen LogP contribution is -1.99. The van der Waals surface area contributed by atoms with Gasteiger partial charge in [-0.3, -0.25) is 4.79 Å². The number of hydrogen-bond donors (Lipinski definition) is 1. The number of carbonyl (C=O) groups is 1. The highest BCUT2D eigenvalue weighted by molar-refractivity contribution is 7.25. The van der Waals surface area contributed by atoms with Crippen molar-refractivity contribution in [2.75, 3.05) is 0 Å². The van der Waals surface area contributed by atoms with Gasteiger partial charge in [0.1, 0.15) is 0 Å². The molecule has 17 heavy (non-hydrogen) atoms. The highest BCUT2D eigenvalue weighted by atomic mass is 32.1. The van der Waals surface area contributed by atoms with E-state index >= 15 is 0 Å². The molecule has 0 aliphatic rings. The van der Waals surface area contributed by atoms with Crippen LogP contribution in [0.25, 0.3) is 20.2 Å². The monoisotopic (exact) mass is 242 g/mol. The lowest BCUT2D eigenvalue weighted by atomic mass is 10.1. The van der Waals surface area contributed by atoms with Crippen molar-refractivity contribution in [2.45, 2.75) is 6.42 Å². The van der Waals surface area contributed by atoms with E-state index in [1.807, 2.05) is 30.3 Å². The molecule has 3 rings (SSSR count). The molecule has 0 bridgehead atoms. The fraction of sp³-hybridized carbons (Fsp3) is 0.0714. The molecule has 0 amide bonds. The van der Waals surface area contributed by atoms with E-state index in [2.05, 4.69) is 12.1 Å². The Balaban J connectivity index is 2.26. The molecule has 84 valence electrons. The van der Waals surface area contributed by atoms with Crippen LogP contribution in [0, 0.1) is 0 Å². The number of benzene rings is 2. The summed E-state index contributed by atoms with van der Waals surface area (Å²) in [6.45, 7) is 0. The van der Waals surface area contributed by atoms with Crippen LogP contribution in [0.5, 0.6) is 0 Å². The van der Waals surface area contributed by atoms with Gasteiger partial charge in [-0.25, -0.2) is 0 Å². The fourth-order valence-corrected chi connectivity index (χ4v) is 3.14. The van der Waals surface area contributed by atoms with Crippen LogP contribution < -0.4 is 0 Å². The number of hydrogen-bond acceptors (Lipinski definition) is 2. The first-order chi connectivity index (χ1) is 8.24. The van der Waals surface area contributed by atoms with E-state index in [1.54, 1.807) is 11.3 Å². The first-order valence-corrected chi connectivity index (χ1v) is 6.17. The Kier molecular flexibility index (Phi) is 2.34. The van der Waals surface area contributed by atoms with Gasteiger partial charge < -0.3 is 5.11 Å². The Morgan fingerprint density at radius 2 is 1.82 bits per heavy atom. The van der Waals surface area contributed by atoms with Crippen LogP contribution >= 0.6 is 11.3 Å². The summed E-state index contributed by atoms with van der Waals surface area (Å²) in [6.07, 6.45) is 0.0834. The zero-order valence-corrected chi connectivity index (χ0v) is 9.83. The molecule has 0 fully saturated rings. The maximum atomic E-state index is 10.7. The summed E-state index contributed by atoms with van der Waals surface area (Å²) in [5.41, 5.74) is 0.855. The summed E-state index contributed by atoms with van der Waals surface area (Å²) in [4.78, 5) is 10.7. The van der Waals surface area contributed by atoms with Gasteiger partial charge in [-0.2, -0.15) is 0 Å². The minimum Gasteiger partial charge on any atom is -0.481 e. The number of carboxylic acids is 1. The molecule has 0 spiro atoms. The predicted octanol–water partition coefficient (Wildman–Crippen LogP) is 3.68. The van der Waals surface area contributed by atoms with Crippen molar-refractivity contribution in [3.05, 3.63) is 48.0 Å². The number of carboxylic acid groups (broad SMARTS) is 1. The van der Waals surface area contributed by atoms with Crippen LogP contribution in [-0.4, -0.2) is 11.1 Å². The van der Waals surface area contributed by atoms with Crippen LogP contribution in [0.4, 0.5) is 0 Å². The number of thiophene rings is 1. The minimum absolute atomic E-state index is 0.0834. The van der Waals surface area contributed by atoms with Crippen LogP contribution in [0.3, 0.4) is 0 Å². The maximum Gasteiger partial charge on any atom is 0.307 e. The average Bonchev–Trinajstić information content (AvgIpc) is 2.66. The maximum absolute atomic E-state index is 10.7. The topological polar surface area (TPSA) is 37.3 Å².